The SMILES string of the molecule is Cn1cncc1CNc1nncn1C. The molecule has 0 atom stereocenters. The zero-order valence-corrected chi connectivity index (χ0v) is 8.18. The van der Waals surface area contributed by atoms with Gasteiger partial charge in [-0.2, -0.15) is 0 Å². The van der Waals surface area contributed by atoms with Gasteiger partial charge in [0.2, 0.25) is 5.95 Å². The van der Waals surface area contributed by atoms with Crippen LogP contribution in [-0.2, 0) is 20.6 Å². The molecule has 0 unspecified atom stereocenters. The molecule has 0 aliphatic rings. The maximum absolute atomic E-state index is 4.02. The van der Waals surface area contributed by atoms with Gasteiger partial charge in [0.1, 0.15) is 6.33 Å². The highest BCUT2D eigenvalue weighted by Gasteiger charge is 2.01. The second kappa shape index (κ2) is 3.49. The van der Waals surface area contributed by atoms with Crippen molar-refractivity contribution >= 4 is 5.95 Å². The van der Waals surface area contributed by atoms with Crippen LogP contribution in [0.5, 0.6) is 0 Å². The molecule has 0 amide bonds. The van der Waals surface area contributed by atoms with Crippen molar-refractivity contribution in [2.24, 2.45) is 14.1 Å². The van der Waals surface area contributed by atoms with Crippen molar-refractivity contribution < 1.29 is 0 Å². The van der Waals surface area contributed by atoms with Crippen molar-refractivity contribution in [2.45, 2.75) is 6.54 Å². The molecule has 0 saturated carbocycles. The summed E-state index contributed by atoms with van der Waals surface area (Å²) in [5.74, 6) is 0.756. The molecule has 74 valence electrons. The summed E-state index contributed by atoms with van der Waals surface area (Å²) >= 11 is 0. The van der Waals surface area contributed by atoms with E-state index in [-0.39, 0.29) is 0 Å². The van der Waals surface area contributed by atoms with Crippen molar-refractivity contribution in [1.82, 2.24) is 24.3 Å². The number of imidazole rings is 1. The molecule has 2 aromatic rings. The Bertz CT molecular complexity index is 375. The van der Waals surface area contributed by atoms with Crippen LogP contribution in [-0.4, -0.2) is 24.3 Å². The number of nitrogens with one attached hydrogen (secondary N) is 1. The zero-order chi connectivity index (χ0) is 9.97. The van der Waals surface area contributed by atoms with E-state index in [4.69, 9.17) is 0 Å². The average Bonchev–Trinajstić information content (AvgIpc) is 2.72. The molecular formula is C8H12N6. The highest BCUT2D eigenvalue weighted by molar-refractivity contribution is 5.24. The fourth-order valence-electron chi connectivity index (χ4n) is 1.17. The standard InChI is InChI=1S/C8H12N6/c1-13-5-9-3-7(13)4-10-8-12-11-6-14(8)2/h3,5-6H,4H2,1-2H3,(H,10,12). The first kappa shape index (κ1) is 8.74. The molecule has 2 heterocycles. The molecule has 6 heteroatoms. The van der Waals surface area contributed by atoms with Gasteiger partial charge < -0.3 is 14.5 Å². The summed E-state index contributed by atoms with van der Waals surface area (Å²) in [7, 11) is 3.85. The molecule has 0 aromatic carbocycles. The smallest absolute Gasteiger partial charge is 0.224 e. The van der Waals surface area contributed by atoms with Gasteiger partial charge in [-0.1, -0.05) is 0 Å². The Morgan fingerprint density at radius 3 is 2.71 bits per heavy atom. The van der Waals surface area contributed by atoms with E-state index >= 15 is 0 Å². The van der Waals surface area contributed by atoms with E-state index < -0.39 is 0 Å². The molecule has 0 aliphatic heterocycles. The Balaban J connectivity index is 2.02. The van der Waals surface area contributed by atoms with Crippen LogP contribution in [0.2, 0.25) is 0 Å². The number of anilines is 1. The van der Waals surface area contributed by atoms with E-state index in [1.807, 2.05) is 29.4 Å². The number of aromatic nitrogens is 5. The summed E-state index contributed by atoms with van der Waals surface area (Å²) in [5, 5.41) is 10.9. The van der Waals surface area contributed by atoms with Gasteiger partial charge in [0, 0.05) is 20.3 Å². The summed E-state index contributed by atoms with van der Waals surface area (Å²) in [5.41, 5.74) is 1.10. The van der Waals surface area contributed by atoms with Gasteiger partial charge in [-0.15, -0.1) is 10.2 Å². The highest BCUT2D eigenvalue weighted by atomic mass is 15.3. The van der Waals surface area contributed by atoms with Crippen LogP contribution in [0.25, 0.3) is 0 Å². The predicted octanol–water partition coefficient (Wildman–Crippen LogP) is 0.161. The van der Waals surface area contributed by atoms with Crippen LogP contribution in [0.3, 0.4) is 0 Å². The second-order valence-electron chi connectivity index (χ2n) is 3.11. The lowest BCUT2D eigenvalue weighted by Gasteiger charge is -2.04. The lowest BCUT2D eigenvalue weighted by atomic mass is 10.4. The molecule has 0 spiro atoms. The Morgan fingerprint density at radius 1 is 1.29 bits per heavy atom. The lowest BCUT2D eigenvalue weighted by molar-refractivity contribution is 0.822. The first-order valence-electron chi connectivity index (χ1n) is 4.30. The maximum Gasteiger partial charge on any atom is 0.224 e. The molecule has 2 rings (SSSR count). The van der Waals surface area contributed by atoms with E-state index in [1.54, 1.807) is 12.7 Å². The summed E-state index contributed by atoms with van der Waals surface area (Å²) in [4.78, 5) is 4.02. The third-order valence-corrected chi connectivity index (χ3v) is 2.06. The minimum atomic E-state index is 0.697. The molecule has 2 aromatic heterocycles. The number of aryl methyl sites for hydroxylation is 2. The molecule has 0 aliphatic carbocycles. The number of rotatable bonds is 3. The normalized spacial score (nSPS) is 10.4. The van der Waals surface area contributed by atoms with E-state index in [2.05, 4.69) is 20.5 Å². The van der Waals surface area contributed by atoms with E-state index in [0.29, 0.717) is 6.54 Å². The molecule has 1 N–H and O–H groups in total. The number of nitrogens with zero attached hydrogens (tertiary/aromatic N) is 5. The van der Waals surface area contributed by atoms with E-state index in [9.17, 15) is 0 Å². The molecule has 0 fully saturated rings. The Labute approximate surface area is 81.6 Å². The summed E-state index contributed by atoms with van der Waals surface area (Å²) in [6, 6.07) is 0. The number of hydrogen-bond donors (Lipinski definition) is 1. The Kier molecular flexibility index (Phi) is 2.18. The second-order valence-corrected chi connectivity index (χ2v) is 3.11. The largest absolute Gasteiger partial charge is 0.349 e. The third kappa shape index (κ3) is 1.59. The molecule has 0 bridgehead atoms. The van der Waals surface area contributed by atoms with Crippen LogP contribution in [0.4, 0.5) is 5.95 Å². The van der Waals surface area contributed by atoms with Crippen LogP contribution in [0.15, 0.2) is 18.9 Å². The van der Waals surface area contributed by atoms with Gasteiger partial charge in [-0.05, 0) is 0 Å². The van der Waals surface area contributed by atoms with Gasteiger partial charge in [-0.25, -0.2) is 4.98 Å². The number of hydrogen-bond acceptors (Lipinski definition) is 4. The van der Waals surface area contributed by atoms with Crippen molar-refractivity contribution in [1.29, 1.82) is 0 Å². The van der Waals surface area contributed by atoms with Gasteiger partial charge in [-0.3, -0.25) is 0 Å². The first-order chi connectivity index (χ1) is 6.77. The van der Waals surface area contributed by atoms with Gasteiger partial charge >= 0.3 is 0 Å². The van der Waals surface area contributed by atoms with Crippen LogP contribution < -0.4 is 5.32 Å². The molecule has 0 saturated heterocycles. The predicted molar refractivity (Wildman–Crippen MR) is 51.5 cm³/mol. The monoisotopic (exact) mass is 192 g/mol. The minimum absolute atomic E-state index is 0.697. The minimum Gasteiger partial charge on any atom is -0.349 e. The molecule has 14 heavy (non-hydrogen) atoms. The zero-order valence-electron chi connectivity index (χ0n) is 8.18. The molecule has 0 radical (unpaired) electrons. The summed E-state index contributed by atoms with van der Waals surface area (Å²) in [6.07, 6.45) is 5.25. The van der Waals surface area contributed by atoms with Gasteiger partial charge in [0.05, 0.1) is 18.6 Å². The van der Waals surface area contributed by atoms with Crippen molar-refractivity contribution in [3.8, 4) is 0 Å². The Morgan fingerprint density at radius 2 is 2.14 bits per heavy atom. The van der Waals surface area contributed by atoms with E-state index in [1.165, 1.54) is 0 Å². The highest BCUT2D eigenvalue weighted by Crippen LogP contribution is 2.02. The fraction of sp³-hybridized carbons (Fsp3) is 0.375. The topological polar surface area (TPSA) is 60.6 Å². The maximum atomic E-state index is 4.02. The van der Waals surface area contributed by atoms with Crippen LogP contribution in [0.1, 0.15) is 5.69 Å². The fourth-order valence-corrected chi connectivity index (χ4v) is 1.17. The Hall–Kier alpha value is -1.85. The van der Waals surface area contributed by atoms with Crippen molar-refractivity contribution in [3.05, 3.63) is 24.5 Å². The average molecular weight is 192 g/mol. The van der Waals surface area contributed by atoms with Crippen molar-refractivity contribution in [3.63, 3.8) is 0 Å². The van der Waals surface area contributed by atoms with Crippen molar-refractivity contribution in [2.75, 3.05) is 5.32 Å². The molecule has 6 nitrogen and oxygen atoms in total. The van der Waals surface area contributed by atoms with Crippen LogP contribution in [0, 0.1) is 0 Å². The van der Waals surface area contributed by atoms with Gasteiger partial charge in [0.15, 0.2) is 0 Å². The molecular weight excluding hydrogens is 180 g/mol. The first-order valence-corrected chi connectivity index (χ1v) is 4.30. The summed E-state index contributed by atoms with van der Waals surface area (Å²) < 4.78 is 3.79. The van der Waals surface area contributed by atoms with Crippen LogP contribution >= 0.6 is 0 Å². The quantitative estimate of drug-likeness (QED) is 0.752. The lowest BCUT2D eigenvalue weighted by Crippen LogP contribution is -2.07. The summed E-state index contributed by atoms with van der Waals surface area (Å²) in [6.45, 7) is 0.697. The van der Waals surface area contributed by atoms with E-state index in [0.717, 1.165) is 11.6 Å². The van der Waals surface area contributed by atoms with Gasteiger partial charge in [0.25, 0.3) is 0 Å². The third-order valence-electron chi connectivity index (χ3n) is 2.06.